The van der Waals surface area contributed by atoms with Crippen molar-refractivity contribution in [3.8, 4) is 5.75 Å². The fourth-order valence-corrected chi connectivity index (χ4v) is 3.10. The molecule has 0 saturated carbocycles. The topological polar surface area (TPSA) is 38.0 Å². The average Bonchev–Trinajstić information content (AvgIpc) is 2.89. The van der Waals surface area contributed by atoms with Crippen molar-refractivity contribution in [3.63, 3.8) is 0 Å². The lowest BCUT2D eigenvalue weighted by Gasteiger charge is -2.18. The van der Waals surface area contributed by atoms with E-state index in [0.29, 0.717) is 12.3 Å². The SMILES string of the molecule is CC(C)c1ccc(F)cc1CC(C)n1ncc2ccc(O)cc21. The Kier molecular flexibility index (Phi) is 4.07. The lowest BCUT2D eigenvalue weighted by molar-refractivity contribution is 0.473. The van der Waals surface area contributed by atoms with Gasteiger partial charge in [0.2, 0.25) is 0 Å². The Balaban J connectivity index is 1.96. The number of hydrogen-bond acceptors (Lipinski definition) is 2. The maximum atomic E-state index is 13.7. The maximum absolute atomic E-state index is 13.7. The van der Waals surface area contributed by atoms with Crippen LogP contribution in [-0.2, 0) is 6.42 Å². The molecule has 1 unspecified atom stereocenters. The third-order valence-corrected chi connectivity index (χ3v) is 4.24. The summed E-state index contributed by atoms with van der Waals surface area (Å²) < 4.78 is 15.5. The van der Waals surface area contributed by atoms with Crippen LogP contribution >= 0.6 is 0 Å². The summed E-state index contributed by atoms with van der Waals surface area (Å²) in [6, 6.07) is 10.3. The molecule has 0 saturated heterocycles. The molecule has 2 aromatic carbocycles. The van der Waals surface area contributed by atoms with Gasteiger partial charge >= 0.3 is 0 Å². The van der Waals surface area contributed by atoms with E-state index in [2.05, 4.69) is 25.9 Å². The fourth-order valence-electron chi connectivity index (χ4n) is 3.10. The number of phenolic OH excluding ortho intramolecular Hbond substituents is 1. The molecule has 1 atom stereocenters. The minimum atomic E-state index is -0.209. The van der Waals surface area contributed by atoms with Gasteiger partial charge in [0.05, 0.1) is 17.8 Å². The molecular weight excluding hydrogens is 291 g/mol. The zero-order valence-corrected chi connectivity index (χ0v) is 13.6. The van der Waals surface area contributed by atoms with Gasteiger partial charge in [-0.3, -0.25) is 4.68 Å². The Morgan fingerprint density at radius 2 is 1.91 bits per heavy atom. The molecule has 1 aromatic heterocycles. The molecule has 23 heavy (non-hydrogen) atoms. The van der Waals surface area contributed by atoms with Crippen LogP contribution in [0.1, 0.15) is 43.9 Å². The molecule has 0 radical (unpaired) electrons. The first kappa shape index (κ1) is 15.5. The molecule has 4 heteroatoms. The van der Waals surface area contributed by atoms with Gasteiger partial charge in [-0.05, 0) is 54.7 Å². The van der Waals surface area contributed by atoms with Crippen LogP contribution in [0.15, 0.2) is 42.6 Å². The van der Waals surface area contributed by atoms with Crippen LogP contribution in [0, 0.1) is 5.82 Å². The van der Waals surface area contributed by atoms with Crippen LogP contribution in [0.3, 0.4) is 0 Å². The van der Waals surface area contributed by atoms with E-state index in [9.17, 15) is 9.50 Å². The van der Waals surface area contributed by atoms with Crippen molar-refractivity contribution in [1.82, 2.24) is 9.78 Å². The standard InChI is InChI=1S/C19H21FN2O/c1-12(2)18-7-5-16(20)9-15(18)8-13(3)22-19-10-17(23)6-4-14(19)11-21-22/h4-7,9-13,23H,8H2,1-3H3. The number of phenols is 1. The first-order valence-electron chi connectivity index (χ1n) is 7.90. The van der Waals surface area contributed by atoms with Crippen molar-refractivity contribution in [2.45, 2.75) is 39.2 Å². The number of halogens is 1. The first-order valence-corrected chi connectivity index (χ1v) is 7.90. The first-order chi connectivity index (χ1) is 11.0. The Bertz CT molecular complexity index is 839. The second kappa shape index (κ2) is 6.03. The van der Waals surface area contributed by atoms with Gasteiger partial charge in [-0.2, -0.15) is 5.10 Å². The van der Waals surface area contributed by atoms with Crippen molar-refractivity contribution in [1.29, 1.82) is 0 Å². The summed E-state index contributed by atoms with van der Waals surface area (Å²) in [5.74, 6) is 0.357. The number of rotatable bonds is 4. The van der Waals surface area contributed by atoms with E-state index in [4.69, 9.17) is 0 Å². The highest BCUT2D eigenvalue weighted by atomic mass is 19.1. The smallest absolute Gasteiger partial charge is 0.123 e. The molecule has 1 N–H and O–H groups in total. The fraction of sp³-hybridized carbons (Fsp3) is 0.316. The largest absolute Gasteiger partial charge is 0.508 e. The van der Waals surface area contributed by atoms with Gasteiger partial charge in [-0.25, -0.2) is 4.39 Å². The second-order valence-electron chi connectivity index (χ2n) is 6.38. The highest BCUT2D eigenvalue weighted by Gasteiger charge is 2.15. The van der Waals surface area contributed by atoms with Crippen molar-refractivity contribution in [2.24, 2.45) is 0 Å². The number of aromatic hydroxyl groups is 1. The molecule has 3 rings (SSSR count). The Morgan fingerprint density at radius 3 is 2.65 bits per heavy atom. The summed E-state index contributed by atoms with van der Waals surface area (Å²) in [4.78, 5) is 0. The molecule has 0 spiro atoms. The van der Waals surface area contributed by atoms with Crippen LogP contribution in [-0.4, -0.2) is 14.9 Å². The van der Waals surface area contributed by atoms with Crippen LogP contribution in [0.5, 0.6) is 5.75 Å². The third kappa shape index (κ3) is 3.07. The summed E-state index contributed by atoms with van der Waals surface area (Å²) in [6.45, 7) is 6.29. The molecule has 0 aliphatic carbocycles. The highest BCUT2D eigenvalue weighted by Crippen LogP contribution is 2.27. The van der Waals surface area contributed by atoms with Crippen LogP contribution < -0.4 is 0 Å². The van der Waals surface area contributed by atoms with Crippen molar-refractivity contribution < 1.29 is 9.50 Å². The molecule has 0 aliphatic heterocycles. The average molecular weight is 312 g/mol. The van der Waals surface area contributed by atoms with E-state index in [1.54, 1.807) is 24.4 Å². The van der Waals surface area contributed by atoms with Gasteiger partial charge in [-0.15, -0.1) is 0 Å². The van der Waals surface area contributed by atoms with Gasteiger partial charge in [0.25, 0.3) is 0 Å². The molecule has 0 amide bonds. The maximum Gasteiger partial charge on any atom is 0.123 e. The summed E-state index contributed by atoms with van der Waals surface area (Å²) in [6.07, 6.45) is 2.48. The minimum Gasteiger partial charge on any atom is -0.508 e. The van der Waals surface area contributed by atoms with E-state index >= 15 is 0 Å². The zero-order chi connectivity index (χ0) is 16.6. The van der Waals surface area contributed by atoms with Crippen molar-refractivity contribution in [2.75, 3.05) is 0 Å². The third-order valence-electron chi connectivity index (χ3n) is 4.24. The number of benzene rings is 2. The normalized spacial score (nSPS) is 12.9. The number of hydrogen-bond donors (Lipinski definition) is 1. The van der Waals surface area contributed by atoms with Crippen molar-refractivity contribution in [3.05, 3.63) is 59.5 Å². The second-order valence-corrected chi connectivity index (χ2v) is 6.38. The minimum absolute atomic E-state index is 0.0635. The molecule has 3 aromatic rings. The van der Waals surface area contributed by atoms with Crippen LogP contribution in [0.4, 0.5) is 4.39 Å². The lowest BCUT2D eigenvalue weighted by Crippen LogP contribution is -2.11. The van der Waals surface area contributed by atoms with Crippen LogP contribution in [0.25, 0.3) is 10.9 Å². The zero-order valence-electron chi connectivity index (χ0n) is 13.6. The molecule has 120 valence electrons. The van der Waals surface area contributed by atoms with Gasteiger partial charge < -0.3 is 5.11 Å². The molecule has 0 aliphatic rings. The summed E-state index contributed by atoms with van der Waals surface area (Å²) in [7, 11) is 0. The Labute approximate surface area is 135 Å². The molecule has 0 bridgehead atoms. The molecule has 3 nitrogen and oxygen atoms in total. The predicted molar refractivity (Wildman–Crippen MR) is 90.3 cm³/mol. The van der Waals surface area contributed by atoms with E-state index < -0.39 is 0 Å². The predicted octanol–water partition coefficient (Wildman–Crippen LogP) is 4.81. The van der Waals surface area contributed by atoms with E-state index in [0.717, 1.165) is 22.0 Å². The summed E-state index contributed by atoms with van der Waals surface area (Å²) in [5, 5.41) is 15.1. The molecule has 0 fully saturated rings. The number of fused-ring (bicyclic) bond motifs is 1. The Morgan fingerprint density at radius 1 is 1.13 bits per heavy atom. The monoisotopic (exact) mass is 312 g/mol. The highest BCUT2D eigenvalue weighted by molar-refractivity contribution is 5.80. The van der Waals surface area contributed by atoms with E-state index in [1.807, 2.05) is 16.8 Å². The summed E-state index contributed by atoms with van der Waals surface area (Å²) >= 11 is 0. The summed E-state index contributed by atoms with van der Waals surface area (Å²) in [5.41, 5.74) is 3.06. The van der Waals surface area contributed by atoms with E-state index in [1.165, 1.54) is 6.07 Å². The van der Waals surface area contributed by atoms with E-state index in [-0.39, 0.29) is 17.6 Å². The van der Waals surface area contributed by atoms with Crippen molar-refractivity contribution >= 4 is 10.9 Å². The molecular formula is C19H21FN2O. The Hall–Kier alpha value is -2.36. The number of aromatic nitrogens is 2. The van der Waals surface area contributed by atoms with Gasteiger partial charge in [-0.1, -0.05) is 19.9 Å². The lowest BCUT2D eigenvalue weighted by atomic mass is 9.93. The number of nitrogens with zero attached hydrogens (tertiary/aromatic N) is 2. The molecule has 1 heterocycles. The van der Waals surface area contributed by atoms with Gasteiger partial charge in [0.15, 0.2) is 0 Å². The van der Waals surface area contributed by atoms with Crippen LogP contribution in [0.2, 0.25) is 0 Å². The quantitative estimate of drug-likeness (QED) is 0.751. The van der Waals surface area contributed by atoms with Gasteiger partial charge in [0, 0.05) is 11.5 Å². The van der Waals surface area contributed by atoms with Gasteiger partial charge in [0.1, 0.15) is 11.6 Å².